The number of rotatable bonds is 3. The van der Waals surface area contributed by atoms with E-state index in [0.29, 0.717) is 29.4 Å². The molecule has 0 aliphatic carbocycles. The van der Waals surface area contributed by atoms with Crippen LogP contribution in [0.1, 0.15) is 45.3 Å². The van der Waals surface area contributed by atoms with Gasteiger partial charge in [0.2, 0.25) is 0 Å². The van der Waals surface area contributed by atoms with Crippen LogP contribution in [0.5, 0.6) is 0 Å². The number of amides is 1. The number of halogens is 1. The van der Waals surface area contributed by atoms with E-state index in [9.17, 15) is 9.59 Å². The molecule has 1 amide bonds. The Labute approximate surface area is 144 Å². The maximum atomic E-state index is 12.5. The molecule has 1 aromatic heterocycles. The van der Waals surface area contributed by atoms with Crippen LogP contribution in [0.2, 0.25) is 5.02 Å². The van der Waals surface area contributed by atoms with Crippen molar-refractivity contribution >= 4 is 23.5 Å². The molecule has 1 saturated heterocycles. The van der Waals surface area contributed by atoms with Gasteiger partial charge in [0, 0.05) is 23.7 Å². The fraction of sp³-hybridized carbons (Fsp3) is 0.353. The molecule has 3 rings (SSSR count). The van der Waals surface area contributed by atoms with Crippen molar-refractivity contribution in [3.05, 3.63) is 52.3 Å². The van der Waals surface area contributed by atoms with Crippen molar-refractivity contribution in [2.24, 2.45) is 0 Å². The number of carbonyl (C=O) groups excluding carboxylic acids is 1. The van der Waals surface area contributed by atoms with Crippen LogP contribution < -0.4 is 0 Å². The van der Waals surface area contributed by atoms with E-state index in [0.717, 1.165) is 12.8 Å². The standard InChI is InChI=1S/C17H18ClN3O3/c1-11-15(17(23)24)10-19-21(11)14-6-8-20(9-7-14)16(22)12-2-4-13(18)5-3-12/h2-5,10,14H,6-9H2,1H3,(H,23,24). The minimum atomic E-state index is -0.964. The Bertz CT molecular complexity index is 762. The first kappa shape index (κ1) is 16.5. The van der Waals surface area contributed by atoms with E-state index in [1.165, 1.54) is 6.20 Å². The van der Waals surface area contributed by atoms with Crippen LogP contribution in [-0.2, 0) is 0 Å². The summed E-state index contributed by atoms with van der Waals surface area (Å²) in [6, 6.07) is 7.00. The zero-order valence-corrected chi connectivity index (χ0v) is 14.0. The van der Waals surface area contributed by atoms with Crippen molar-refractivity contribution < 1.29 is 14.7 Å². The van der Waals surface area contributed by atoms with Gasteiger partial charge in [-0.1, -0.05) is 11.6 Å². The van der Waals surface area contributed by atoms with Crippen molar-refractivity contribution in [3.63, 3.8) is 0 Å². The van der Waals surface area contributed by atoms with Crippen LogP contribution in [0.4, 0.5) is 0 Å². The monoisotopic (exact) mass is 347 g/mol. The first-order valence-electron chi connectivity index (χ1n) is 7.79. The Kier molecular flexibility index (Phi) is 4.57. The average Bonchev–Trinajstić information content (AvgIpc) is 2.97. The maximum absolute atomic E-state index is 12.5. The highest BCUT2D eigenvalue weighted by Crippen LogP contribution is 2.25. The number of carbonyl (C=O) groups is 2. The summed E-state index contributed by atoms with van der Waals surface area (Å²) in [7, 11) is 0. The molecule has 0 spiro atoms. The highest BCUT2D eigenvalue weighted by atomic mass is 35.5. The van der Waals surface area contributed by atoms with Gasteiger partial charge in [-0.2, -0.15) is 5.10 Å². The summed E-state index contributed by atoms with van der Waals surface area (Å²) in [4.78, 5) is 25.4. The van der Waals surface area contributed by atoms with E-state index < -0.39 is 5.97 Å². The Balaban J connectivity index is 1.66. The number of nitrogens with zero attached hydrogens (tertiary/aromatic N) is 3. The first-order chi connectivity index (χ1) is 11.5. The molecule has 2 heterocycles. The number of hydrogen-bond donors (Lipinski definition) is 1. The fourth-order valence-corrected chi connectivity index (χ4v) is 3.22. The number of hydrogen-bond acceptors (Lipinski definition) is 3. The lowest BCUT2D eigenvalue weighted by molar-refractivity contribution is 0.0688. The van der Waals surface area contributed by atoms with E-state index in [1.54, 1.807) is 35.9 Å². The largest absolute Gasteiger partial charge is 0.478 e. The highest BCUT2D eigenvalue weighted by Gasteiger charge is 2.27. The molecular formula is C17H18ClN3O3. The minimum absolute atomic E-state index is 0.00599. The first-order valence-corrected chi connectivity index (χ1v) is 8.17. The number of piperidine rings is 1. The van der Waals surface area contributed by atoms with Crippen LogP contribution in [0.25, 0.3) is 0 Å². The molecule has 6 nitrogen and oxygen atoms in total. The summed E-state index contributed by atoms with van der Waals surface area (Å²) in [6.45, 7) is 3.00. The molecule has 1 aliphatic rings. The number of benzene rings is 1. The second-order valence-electron chi connectivity index (χ2n) is 5.92. The Morgan fingerprint density at radius 1 is 1.21 bits per heavy atom. The molecule has 1 N–H and O–H groups in total. The quantitative estimate of drug-likeness (QED) is 0.926. The molecule has 2 aromatic rings. The van der Waals surface area contributed by atoms with Crippen LogP contribution in [0.3, 0.4) is 0 Å². The minimum Gasteiger partial charge on any atom is -0.478 e. The molecule has 7 heteroatoms. The second kappa shape index (κ2) is 6.65. The maximum Gasteiger partial charge on any atom is 0.339 e. The van der Waals surface area contributed by atoms with Gasteiger partial charge in [0.1, 0.15) is 5.56 Å². The second-order valence-corrected chi connectivity index (χ2v) is 6.36. The van der Waals surface area contributed by atoms with Crippen molar-refractivity contribution in [1.29, 1.82) is 0 Å². The van der Waals surface area contributed by atoms with E-state index in [4.69, 9.17) is 16.7 Å². The molecule has 1 aromatic carbocycles. The number of aromatic carboxylic acids is 1. The van der Waals surface area contributed by atoms with Crippen molar-refractivity contribution in [1.82, 2.24) is 14.7 Å². The number of aromatic nitrogens is 2. The topological polar surface area (TPSA) is 75.4 Å². The third kappa shape index (κ3) is 3.14. The summed E-state index contributed by atoms with van der Waals surface area (Å²) >= 11 is 5.85. The number of carboxylic acid groups (broad SMARTS) is 1. The van der Waals surface area contributed by atoms with Gasteiger partial charge in [0.15, 0.2) is 0 Å². The molecule has 1 fully saturated rings. The highest BCUT2D eigenvalue weighted by molar-refractivity contribution is 6.30. The van der Waals surface area contributed by atoms with Gasteiger partial charge in [-0.05, 0) is 44.0 Å². The molecule has 0 saturated carbocycles. The van der Waals surface area contributed by atoms with Gasteiger partial charge in [-0.3, -0.25) is 9.48 Å². The van der Waals surface area contributed by atoms with Crippen LogP contribution in [0.15, 0.2) is 30.5 Å². The van der Waals surface area contributed by atoms with E-state index in [-0.39, 0.29) is 17.5 Å². The molecular weight excluding hydrogens is 330 g/mol. The lowest BCUT2D eigenvalue weighted by Crippen LogP contribution is -2.39. The van der Waals surface area contributed by atoms with Gasteiger partial charge in [0.25, 0.3) is 5.91 Å². The van der Waals surface area contributed by atoms with E-state index in [2.05, 4.69) is 5.10 Å². The molecule has 24 heavy (non-hydrogen) atoms. The third-order valence-electron chi connectivity index (χ3n) is 4.46. The van der Waals surface area contributed by atoms with Gasteiger partial charge in [0.05, 0.1) is 17.9 Å². The molecule has 1 aliphatic heterocycles. The number of carboxylic acids is 1. The number of likely N-dealkylation sites (tertiary alicyclic amines) is 1. The third-order valence-corrected chi connectivity index (χ3v) is 4.72. The summed E-state index contributed by atoms with van der Waals surface area (Å²) < 4.78 is 1.77. The average molecular weight is 348 g/mol. The zero-order chi connectivity index (χ0) is 17.3. The summed E-state index contributed by atoms with van der Waals surface area (Å²) in [5.41, 5.74) is 1.51. The molecule has 126 valence electrons. The van der Waals surface area contributed by atoms with E-state index >= 15 is 0 Å². The smallest absolute Gasteiger partial charge is 0.339 e. The predicted molar refractivity (Wildman–Crippen MR) is 89.5 cm³/mol. The van der Waals surface area contributed by atoms with Gasteiger partial charge >= 0.3 is 5.97 Å². The summed E-state index contributed by atoms with van der Waals surface area (Å²) in [5.74, 6) is -0.970. The van der Waals surface area contributed by atoms with Crippen LogP contribution >= 0.6 is 11.6 Å². The normalized spacial score (nSPS) is 15.5. The Morgan fingerprint density at radius 3 is 2.38 bits per heavy atom. The van der Waals surface area contributed by atoms with E-state index in [1.807, 2.05) is 4.90 Å². The molecule has 0 unspecified atom stereocenters. The molecule has 0 radical (unpaired) electrons. The van der Waals surface area contributed by atoms with Gasteiger partial charge < -0.3 is 10.0 Å². The lowest BCUT2D eigenvalue weighted by Gasteiger charge is -2.32. The van der Waals surface area contributed by atoms with Crippen LogP contribution in [-0.4, -0.2) is 44.8 Å². The van der Waals surface area contributed by atoms with Gasteiger partial charge in [-0.25, -0.2) is 4.79 Å². The van der Waals surface area contributed by atoms with Gasteiger partial charge in [-0.15, -0.1) is 0 Å². The summed E-state index contributed by atoms with van der Waals surface area (Å²) in [5, 5.41) is 13.9. The SMILES string of the molecule is Cc1c(C(=O)O)cnn1C1CCN(C(=O)c2ccc(Cl)cc2)CC1. The van der Waals surface area contributed by atoms with Crippen molar-refractivity contribution in [2.45, 2.75) is 25.8 Å². The van der Waals surface area contributed by atoms with Crippen molar-refractivity contribution in [3.8, 4) is 0 Å². The van der Waals surface area contributed by atoms with Crippen LogP contribution in [0, 0.1) is 6.92 Å². The zero-order valence-electron chi connectivity index (χ0n) is 13.3. The fourth-order valence-electron chi connectivity index (χ4n) is 3.09. The lowest BCUT2D eigenvalue weighted by atomic mass is 10.0. The summed E-state index contributed by atoms with van der Waals surface area (Å²) in [6.07, 6.45) is 2.89. The molecule has 0 bridgehead atoms. The Morgan fingerprint density at radius 2 is 1.83 bits per heavy atom. The van der Waals surface area contributed by atoms with Crippen molar-refractivity contribution in [2.75, 3.05) is 13.1 Å². The predicted octanol–water partition coefficient (Wildman–Crippen LogP) is 3.02. The Hall–Kier alpha value is -2.34. The molecule has 0 atom stereocenters.